The van der Waals surface area contributed by atoms with E-state index in [1.54, 1.807) is 18.2 Å². The highest BCUT2D eigenvalue weighted by Crippen LogP contribution is 2.32. The van der Waals surface area contributed by atoms with Gasteiger partial charge in [-0.25, -0.2) is 8.42 Å². The predicted molar refractivity (Wildman–Crippen MR) is 81.2 cm³/mol. The molecule has 1 heterocycles. The molecule has 0 saturated carbocycles. The molecular weight excluding hydrogens is 304 g/mol. The van der Waals surface area contributed by atoms with Gasteiger partial charge in [0.05, 0.1) is 10.7 Å². The molecule has 2 rings (SSSR count). The zero-order chi connectivity index (χ0) is 14.0. The molecule has 1 atom stereocenters. The van der Waals surface area contributed by atoms with Crippen LogP contribution in [0, 0.1) is 0 Å². The van der Waals surface area contributed by atoms with E-state index in [4.69, 9.17) is 17.3 Å². The molecule has 1 aliphatic heterocycles. The molecule has 1 aromatic carbocycles. The maximum absolute atomic E-state index is 12.6. The van der Waals surface area contributed by atoms with Crippen molar-refractivity contribution in [3.05, 3.63) is 23.2 Å². The van der Waals surface area contributed by atoms with Crippen LogP contribution in [-0.2, 0) is 10.0 Å². The summed E-state index contributed by atoms with van der Waals surface area (Å²) in [4.78, 5) is 0.0402. The maximum atomic E-state index is 12.6. The van der Waals surface area contributed by atoms with Crippen LogP contribution in [0.5, 0.6) is 0 Å². The summed E-state index contributed by atoms with van der Waals surface area (Å²) < 4.78 is 26.8. The number of nitrogens with zero attached hydrogens (tertiary/aromatic N) is 1. The first-order valence-electron chi connectivity index (χ1n) is 6.12. The van der Waals surface area contributed by atoms with Gasteiger partial charge in [-0.2, -0.15) is 16.1 Å². The highest BCUT2D eigenvalue weighted by Gasteiger charge is 2.32. The molecule has 106 valence electrons. The van der Waals surface area contributed by atoms with E-state index in [9.17, 15) is 8.42 Å². The second-order valence-corrected chi connectivity index (χ2v) is 8.11. The predicted octanol–water partition coefficient (Wildman–Crippen LogP) is 2.44. The van der Waals surface area contributed by atoms with Gasteiger partial charge >= 0.3 is 0 Å². The average molecular weight is 321 g/mol. The molecule has 0 radical (unpaired) electrons. The molecule has 4 nitrogen and oxygen atoms in total. The summed E-state index contributed by atoms with van der Waals surface area (Å²) in [7, 11) is -3.60. The van der Waals surface area contributed by atoms with Crippen LogP contribution < -0.4 is 5.73 Å². The molecule has 0 spiro atoms. The van der Waals surface area contributed by atoms with Crippen molar-refractivity contribution in [3.8, 4) is 0 Å². The largest absolute Gasteiger partial charge is 0.398 e. The van der Waals surface area contributed by atoms with E-state index in [-0.39, 0.29) is 15.6 Å². The molecule has 7 heteroatoms. The van der Waals surface area contributed by atoms with Crippen LogP contribution in [-0.4, -0.2) is 36.8 Å². The molecule has 2 N–H and O–H groups in total. The van der Waals surface area contributed by atoms with Gasteiger partial charge in [0.2, 0.25) is 10.0 Å². The van der Waals surface area contributed by atoms with E-state index in [1.807, 2.05) is 11.8 Å². The molecule has 1 fully saturated rings. The lowest BCUT2D eigenvalue weighted by Crippen LogP contribution is -2.42. The molecule has 0 amide bonds. The van der Waals surface area contributed by atoms with Gasteiger partial charge in [-0.05, 0) is 18.6 Å². The monoisotopic (exact) mass is 320 g/mol. The van der Waals surface area contributed by atoms with Gasteiger partial charge in [-0.3, -0.25) is 0 Å². The number of benzene rings is 1. The summed E-state index contributed by atoms with van der Waals surface area (Å²) in [5.74, 6) is 0.808. The van der Waals surface area contributed by atoms with E-state index >= 15 is 0 Å². The van der Waals surface area contributed by atoms with Crippen molar-refractivity contribution in [2.45, 2.75) is 23.5 Å². The first-order valence-corrected chi connectivity index (χ1v) is 8.99. The molecule has 19 heavy (non-hydrogen) atoms. The quantitative estimate of drug-likeness (QED) is 0.869. The Morgan fingerprint density at radius 2 is 2.26 bits per heavy atom. The minimum atomic E-state index is -3.60. The van der Waals surface area contributed by atoms with Crippen molar-refractivity contribution in [2.24, 2.45) is 0 Å². The van der Waals surface area contributed by atoms with Crippen LogP contribution in [0.25, 0.3) is 0 Å². The van der Waals surface area contributed by atoms with Crippen LogP contribution in [0.2, 0.25) is 5.02 Å². The van der Waals surface area contributed by atoms with E-state index < -0.39 is 10.0 Å². The summed E-state index contributed by atoms with van der Waals surface area (Å²) in [5.41, 5.74) is 5.99. The fourth-order valence-electron chi connectivity index (χ4n) is 2.08. The summed E-state index contributed by atoms with van der Waals surface area (Å²) >= 11 is 7.83. The van der Waals surface area contributed by atoms with Crippen LogP contribution in [0.15, 0.2) is 23.1 Å². The molecule has 0 aliphatic carbocycles. The van der Waals surface area contributed by atoms with Crippen molar-refractivity contribution in [3.63, 3.8) is 0 Å². The number of anilines is 1. The third-order valence-corrected chi connectivity index (χ3v) is 6.93. The summed E-state index contributed by atoms with van der Waals surface area (Å²) in [6, 6.07) is 4.77. The van der Waals surface area contributed by atoms with Crippen molar-refractivity contribution in [1.29, 1.82) is 0 Å². The first kappa shape index (κ1) is 15.0. The van der Waals surface area contributed by atoms with Crippen LogP contribution >= 0.6 is 23.4 Å². The zero-order valence-electron chi connectivity index (χ0n) is 10.7. The topological polar surface area (TPSA) is 63.4 Å². The molecule has 0 bridgehead atoms. The highest BCUT2D eigenvalue weighted by molar-refractivity contribution is 8.00. The second kappa shape index (κ2) is 5.91. The second-order valence-electron chi connectivity index (χ2n) is 4.42. The Labute approximate surface area is 123 Å². The number of halogens is 1. The number of nitrogens with two attached hydrogens (primary N) is 1. The Hall–Kier alpha value is -0.430. The molecular formula is C12H17ClN2O2S2. The SMILES string of the molecule is CCC1CN(S(=O)(=O)c2c(N)cccc2Cl)CCS1. The Bertz CT molecular complexity index is 543. The number of sulfonamides is 1. The van der Waals surface area contributed by atoms with Gasteiger partial charge in [-0.15, -0.1) is 0 Å². The Balaban J connectivity index is 2.37. The summed E-state index contributed by atoms with van der Waals surface area (Å²) in [6.07, 6.45) is 0.953. The number of hydrogen-bond acceptors (Lipinski definition) is 4. The van der Waals surface area contributed by atoms with Gasteiger partial charge in [0.15, 0.2) is 0 Å². The lowest BCUT2D eigenvalue weighted by Gasteiger charge is -2.31. The van der Waals surface area contributed by atoms with Crippen LogP contribution in [0.3, 0.4) is 0 Å². The van der Waals surface area contributed by atoms with E-state index in [0.717, 1.165) is 12.2 Å². The van der Waals surface area contributed by atoms with Crippen molar-refractivity contribution in [1.82, 2.24) is 4.31 Å². The molecule has 1 saturated heterocycles. The number of thioether (sulfide) groups is 1. The molecule has 1 unspecified atom stereocenters. The minimum Gasteiger partial charge on any atom is -0.398 e. The molecule has 0 aromatic heterocycles. The number of nitrogen functional groups attached to an aromatic ring is 1. The van der Waals surface area contributed by atoms with Crippen molar-refractivity contribution in [2.75, 3.05) is 24.6 Å². The van der Waals surface area contributed by atoms with Crippen molar-refractivity contribution < 1.29 is 8.42 Å². The summed E-state index contributed by atoms with van der Waals surface area (Å²) in [5, 5.41) is 0.526. The third-order valence-electron chi connectivity index (χ3n) is 3.15. The molecule has 1 aliphatic rings. The lowest BCUT2D eigenvalue weighted by atomic mass is 10.3. The lowest BCUT2D eigenvalue weighted by molar-refractivity contribution is 0.416. The highest BCUT2D eigenvalue weighted by atomic mass is 35.5. The fourth-order valence-corrected chi connectivity index (χ4v) is 5.60. The maximum Gasteiger partial charge on any atom is 0.246 e. The minimum absolute atomic E-state index is 0.0402. The summed E-state index contributed by atoms with van der Waals surface area (Å²) in [6.45, 7) is 3.10. The molecule has 1 aromatic rings. The normalized spacial score (nSPS) is 21.5. The van der Waals surface area contributed by atoms with E-state index in [0.29, 0.717) is 18.3 Å². The van der Waals surface area contributed by atoms with E-state index in [1.165, 1.54) is 4.31 Å². The van der Waals surface area contributed by atoms with Crippen LogP contribution in [0.1, 0.15) is 13.3 Å². The van der Waals surface area contributed by atoms with Gasteiger partial charge < -0.3 is 5.73 Å². The Morgan fingerprint density at radius 3 is 2.89 bits per heavy atom. The van der Waals surface area contributed by atoms with Gasteiger partial charge in [0.25, 0.3) is 0 Å². The number of rotatable bonds is 3. The van der Waals surface area contributed by atoms with Gasteiger partial charge in [0.1, 0.15) is 4.90 Å². The van der Waals surface area contributed by atoms with Crippen molar-refractivity contribution >= 4 is 39.1 Å². The van der Waals surface area contributed by atoms with Gasteiger partial charge in [0, 0.05) is 24.1 Å². The van der Waals surface area contributed by atoms with Gasteiger partial charge in [-0.1, -0.05) is 24.6 Å². The van der Waals surface area contributed by atoms with E-state index in [2.05, 4.69) is 6.92 Å². The standard InChI is InChI=1S/C12H17ClN2O2S2/c1-2-9-8-15(6-7-18-9)19(16,17)12-10(13)4-3-5-11(12)14/h3-5,9H,2,6-8,14H2,1H3. The Morgan fingerprint density at radius 1 is 1.53 bits per heavy atom. The fraction of sp³-hybridized carbons (Fsp3) is 0.500. The average Bonchev–Trinajstić information content (AvgIpc) is 2.38. The third kappa shape index (κ3) is 3.02. The zero-order valence-corrected chi connectivity index (χ0v) is 13.1. The van der Waals surface area contributed by atoms with Crippen LogP contribution in [0.4, 0.5) is 5.69 Å². The number of hydrogen-bond donors (Lipinski definition) is 1. The Kier molecular flexibility index (Phi) is 4.66. The smallest absolute Gasteiger partial charge is 0.246 e. The first-order chi connectivity index (χ1) is 8.96.